The number of carbonyl (C=O) groups excluding carboxylic acids is 1. The minimum absolute atomic E-state index is 0.176. The van der Waals surface area contributed by atoms with Gasteiger partial charge in [0.25, 0.3) is 5.91 Å². The monoisotopic (exact) mass is 742 g/mol. The van der Waals surface area contributed by atoms with E-state index >= 15 is 0 Å². The van der Waals surface area contributed by atoms with Gasteiger partial charge < -0.3 is 19.9 Å². The van der Waals surface area contributed by atoms with Gasteiger partial charge in [-0.2, -0.15) is 0 Å². The van der Waals surface area contributed by atoms with E-state index in [4.69, 9.17) is 0 Å². The van der Waals surface area contributed by atoms with Crippen molar-refractivity contribution in [1.29, 1.82) is 0 Å². The van der Waals surface area contributed by atoms with Crippen LogP contribution in [-0.4, -0.2) is 40.1 Å². The van der Waals surface area contributed by atoms with Crippen molar-refractivity contribution in [3.05, 3.63) is 124 Å². The third kappa shape index (κ3) is 10.7. The number of fused-ring (bicyclic) bond motifs is 1. The van der Waals surface area contributed by atoms with Crippen molar-refractivity contribution in [2.75, 3.05) is 25.0 Å². The molecule has 55 heavy (non-hydrogen) atoms. The molecular formula is C50H67N3O2. The van der Waals surface area contributed by atoms with Gasteiger partial charge in [-0.3, -0.25) is 4.79 Å². The van der Waals surface area contributed by atoms with Gasteiger partial charge in [-0.1, -0.05) is 96.0 Å². The van der Waals surface area contributed by atoms with E-state index in [-0.39, 0.29) is 11.7 Å². The number of amides is 1. The van der Waals surface area contributed by atoms with Crippen LogP contribution in [-0.2, 0) is 13.0 Å². The van der Waals surface area contributed by atoms with E-state index in [0.717, 1.165) is 61.4 Å². The molecule has 0 saturated heterocycles. The summed E-state index contributed by atoms with van der Waals surface area (Å²) >= 11 is 0. The summed E-state index contributed by atoms with van der Waals surface area (Å²) in [5, 5.41) is 15.7. The molecule has 1 aliphatic rings. The topological polar surface area (TPSA) is 57.5 Å². The molecule has 2 atom stereocenters. The second kappa shape index (κ2) is 20.0. The van der Waals surface area contributed by atoms with Gasteiger partial charge >= 0.3 is 0 Å². The van der Waals surface area contributed by atoms with Crippen LogP contribution in [0.2, 0.25) is 0 Å². The average Bonchev–Trinajstić information content (AvgIpc) is 3.37. The zero-order chi connectivity index (χ0) is 39.5. The normalized spacial score (nSPS) is 15.0. The Hall–Kier alpha value is -4.35. The zero-order valence-corrected chi connectivity index (χ0v) is 35.1. The molecule has 1 amide bonds. The van der Waals surface area contributed by atoms with Gasteiger partial charge in [0, 0.05) is 52.6 Å². The van der Waals surface area contributed by atoms with Crippen LogP contribution in [0.25, 0.3) is 16.5 Å². The third-order valence-corrected chi connectivity index (χ3v) is 11.8. The lowest BCUT2D eigenvalue weighted by molar-refractivity contribution is 0.102. The highest BCUT2D eigenvalue weighted by Crippen LogP contribution is 2.44. The summed E-state index contributed by atoms with van der Waals surface area (Å²) < 4.78 is 2.54. The molecule has 1 heterocycles. The molecule has 0 bridgehead atoms. The SMILES string of the molecule is C\C=C/C(=C\C=C\CC)c1c(O)cc(NC(=O)c2ccc(Cc3ccc4c(c3)c(C)c(C)n4CC(C)CN(CCC)CCC(C)CC)cc2)cc1C1CCC1. The van der Waals surface area contributed by atoms with E-state index < -0.39 is 0 Å². The Morgan fingerprint density at radius 3 is 2.38 bits per heavy atom. The highest BCUT2D eigenvalue weighted by atomic mass is 16.3. The Labute approximate surface area is 332 Å². The number of nitrogens with one attached hydrogen (secondary N) is 1. The van der Waals surface area contributed by atoms with Crippen LogP contribution in [0.5, 0.6) is 5.75 Å². The van der Waals surface area contributed by atoms with E-state index in [2.05, 4.69) is 118 Å². The summed E-state index contributed by atoms with van der Waals surface area (Å²) in [6.45, 7) is 22.5. The molecular weight excluding hydrogens is 675 g/mol. The van der Waals surface area contributed by atoms with E-state index in [9.17, 15) is 9.90 Å². The molecule has 294 valence electrons. The Morgan fingerprint density at radius 1 is 0.982 bits per heavy atom. The molecule has 1 fully saturated rings. The van der Waals surface area contributed by atoms with Crippen molar-refractivity contribution in [2.24, 2.45) is 11.8 Å². The molecule has 2 unspecified atom stereocenters. The standard InChI is InChI=1S/C50H67N3O2/c1-9-13-14-17-42(16-10-2)49-46(41-18-15-19-41)31-44(32-48(49)54)51-50(55)43-23-20-39(21-24-43)29-40-22-25-47-45(30-40)37(7)38(8)53(47)34-36(6)33-52(27-11-3)28-26-35(5)12-4/h10,13-14,16-17,20-25,30-32,35-36,41,54H,9,11-12,15,18-19,26-29,33-34H2,1-8H3,(H,51,55)/b14-13+,16-10-,42-17+. The van der Waals surface area contributed by atoms with Crippen molar-refractivity contribution in [3.63, 3.8) is 0 Å². The van der Waals surface area contributed by atoms with E-state index in [0.29, 0.717) is 23.1 Å². The summed E-state index contributed by atoms with van der Waals surface area (Å²) in [5.41, 5.74) is 10.7. The molecule has 1 aliphatic carbocycles. The zero-order valence-electron chi connectivity index (χ0n) is 35.1. The second-order valence-electron chi connectivity index (χ2n) is 16.3. The molecule has 4 aromatic rings. The number of aromatic nitrogens is 1. The summed E-state index contributed by atoms with van der Waals surface area (Å²) in [4.78, 5) is 16.2. The molecule has 3 aromatic carbocycles. The van der Waals surface area contributed by atoms with Crippen molar-refractivity contribution in [2.45, 2.75) is 119 Å². The van der Waals surface area contributed by atoms with Crippen molar-refractivity contribution in [3.8, 4) is 5.75 Å². The summed E-state index contributed by atoms with van der Waals surface area (Å²) in [5.74, 6) is 1.74. The number of allylic oxidation sites excluding steroid dienone is 6. The Kier molecular flexibility index (Phi) is 15.2. The minimum atomic E-state index is -0.176. The smallest absolute Gasteiger partial charge is 0.255 e. The van der Waals surface area contributed by atoms with Crippen molar-refractivity contribution < 1.29 is 9.90 Å². The first-order valence-corrected chi connectivity index (χ1v) is 21.1. The number of hydrogen-bond donors (Lipinski definition) is 2. The number of rotatable bonds is 19. The highest BCUT2D eigenvalue weighted by molar-refractivity contribution is 6.04. The number of carbonyl (C=O) groups is 1. The molecule has 1 saturated carbocycles. The molecule has 2 N–H and O–H groups in total. The summed E-state index contributed by atoms with van der Waals surface area (Å²) in [6, 6.07) is 18.6. The van der Waals surface area contributed by atoms with E-state index in [1.54, 1.807) is 6.07 Å². The lowest BCUT2D eigenvalue weighted by atomic mass is 9.76. The second-order valence-corrected chi connectivity index (χ2v) is 16.3. The lowest BCUT2D eigenvalue weighted by Crippen LogP contribution is -2.32. The van der Waals surface area contributed by atoms with Gasteiger partial charge in [0.2, 0.25) is 0 Å². The van der Waals surface area contributed by atoms with Gasteiger partial charge in [-0.15, -0.1) is 0 Å². The molecule has 0 aliphatic heterocycles. The molecule has 0 radical (unpaired) electrons. The fraction of sp³-hybridized carbons (Fsp3) is 0.460. The number of aryl methyl sites for hydroxylation is 1. The van der Waals surface area contributed by atoms with Crippen LogP contribution in [0.1, 0.15) is 136 Å². The van der Waals surface area contributed by atoms with E-state index in [1.807, 2.05) is 31.2 Å². The van der Waals surface area contributed by atoms with Gasteiger partial charge in [0.05, 0.1) is 0 Å². The molecule has 0 spiro atoms. The van der Waals surface area contributed by atoms with Crippen LogP contribution < -0.4 is 5.32 Å². The number of phenolic OH excluding ortho intramolecular Hbond substituents is 1. The van der Waals surface area contributed by atoms with Gasteiger partial charge in [0.1, 0.15) is 5.75 Å². The summed E-state index contributed by atoms with van der Waals surface area (Å²) in [7, 11) is 0. The largest absolute Gasteiger partial charge is 0.507 e. The highest BCUT2D eigenvalue weighted by Gasteiger charge is 2.26. The molecule has 5 rings (SSSR count). The lowest BCUT2D eigenvalue weighted by Gasteiger charge is -2.29. The number of aromatic hydroxyl groups is 1. The van der Waals surface area contributed by atoms with Crippen LogP contribution in [0.4, 0.5) is 5.69 Å². The molecule has 5 nitrogen and oxygen atoms in total. The minimum Gasteiger partial charge on any atom is -0.507 e. The predicted molar refractivity (Wildman–Crippen MR) is 236 cm³/mol. The van der Waals surface area contributed by atoms with Gasteiger partial charge in [-0.05, 0) is 148 Å². The first-order chi connectivity index (χ1) is 26.6. The molecule has 1 aromatic heterocycles. The Balaban J connectivity index is 1.27. The number of nitrogens with zero attached hydrogens (tertiary/aromatic N) is 2. The maximum absolute atomic E-state index is 13.5. The first-order valence-electron chi connectivity index (χ1n) is 21.1. The van der Waals surface area contributed by atoms with Crippen LogP contribution in [0.15, 0.2) is 85.0 Å². The van der Waals surface area contributed by atoms with Crippen molar-refractivity contribution >= 4 is 28.1 Å². The quantitative estimate of drug-likeness (QED) is 0.0941. The van der Waals surface area contributed by atoms with Crippen LogP contribution in [0.3, 0.4) is 0 Å². The first kappa shape index (κ1) is 41.8. The fourth-order valence-corrected chi connectivity index (χ4v) is 8.07. The van der Waals surface area contributed by atoms with Crippen LogP contribution in [0, 0.1) is 25.7 Å². The fourth-order valence-electron chi connectivity index (χ4n) is 8.07. The Morgan fingerprint density at radius 2 is 1.73 bits per heavy atom. The summed E-state index contributed by atoms with van der Waals surface area (Å²) in [6.07, 6.45) is 19.1. The Bertz CT molecular complexity index is 1970. The third-order valence-electron chi connectivity index (χ3n) is 11.8. The molecule has 5 heteroatoms. The maximum atomic E-state index is 13.5. The van der Waals surface area contributed by atoms with Gasteiger partial charge in [0.15, 0.2) is 0 Å². The average molecular weight is 742 g/mol. The number of benzene rings is 3. The van der Waals surface area contributed by atoms with E-state index in [1.165, 1.54) is 72.1 Å². The number of hydrogen-bond acceptors (Lipinski definition) is 3. The van der Waals surface area contributed by atoms with Crippen molar-refractivity contribution in [1.82, 2.24) is 9.47 Å². The van der Waals surface area contributed by atoms with Gasteiger partial charge in [-0.25, -0.2) is 0 Å². The maximum Gasteiger partial charge on any atom is 0.255 e. The number of phenols is 1. The number of anilines is 1. The predicted octanol–water partition coefficient (Wildman–Crippen LogP) is 12.8. The van der Waals surface area contributed by atoms with Crippen LogP contribution >= 0.6 is 0 Å².